The highest BCUT2D eigenvalue weighted by Gasteiger charge is 2.50. The van der Waals surface area contributed by atoms with Gasteiger partial charge in [-0.1, -0.05) is 61.9 Å². The van der Waals surface area contributed by atoms with Gasteiger partial charge in [-0.15, -0.1) is 0 Å². The highest BCUT2D eigenvalue weighted by atomic mass is 32.2. The van der Waals surface area contributed by atoms with Crippen LogP contribution in [-0.4, -0.2) is 21.2 Å². The topological polar surface area (TPSA) is 61.1 Å². The molecule has 0 heterocycles. The lowest BCUT2D eigenvalue weighted by Crippen LogP contribution is -2.36. The Bertz CT molecular complexity index is 1020. The van der Waals surface area contributed by atoms with Gasteiger partial charge < -0.3 is 5.11 Å². The molecule has 1 aromatic rings. The van der Waals surface area contributed by atoms with Crippen molar-refractivity contribution in [2.24, 2.45) is 23.2 Å². The molecular weight excluding hydrogens is 426 g/mol. The van der Waals surface area contributed by atoms with Crippen molar-refractivity contribution in [3.63, 3.8) is 0 Å². The number of aliphatic hydroxyl groups is 1. The zero-order valence-corrected chi connectivity index (χ0v) is 21.2. The minimum Gasteiger partial charge on any atom is -0.393 e. The fourth-order valence-corrected chi connectivity index (χ4v) is 8.46. The van der Waals surface area contributed by atoms with Crippen LogP contribution in [0.25, 0.3) is 0 Å². The van der Waals surface area contributed by atoms with Crippen molar-refractivity contribution in [1.82, 2.24) is 0 Å². The Kier molecular flexibility index (Phi) is 7.35. The molecule has 3 fully saturated rings. The van der Waals surface area contributed by atoms with Crippen LogP contribution < -0.4 is 0 Å². The maximum atomic E-state index is 13.0. The molecule has 0 aromatic heterocycles. The molecule has 0 bridgehead atoms. The summed E-state index contributed by atoms with van der Waals surface area (Å²) in [4.78, 5) is 0.665. The van der Waals surface area contributed by atoms with Crippen molar-refractivity contribution in [1.29, 1.82) is 4.78 Å². The standard InChI is InChI=1S/C29H41NO2S/c1-21-11-14-25(31)20-24(21)13-12-23-8-7-18-29(3)27(15-16-28(23)29)22(2)17-19-33(30,32)26-9-5-4-6-10-26/h4-6,9-10,12-13,22,25,27-28,30-31H,1,7-8,11,14-20H2,2-3H3/b23-12+,24-13-/t22-,25+,27-,28+,29-,33?/m1/s1. The molecule has 33 heavy (non-hydrogen) atoms. The van der Waals surface area contributed by atoms with Crippen LogP contribution in [0, 0.1) is 27.9 Å². The van der Waals surface area contributed by atoms with Crippen LogP contribution >= 0.6 is 0 Å². The van der Waals surface area contributed by atoms with Crippen LogP contribution in [0.15, 0.2) is 70.7 Å². The summed E-state index contributed by atoms with van der Waals surface area (Å²) in [6.07, 6.45) is 13.8. The van der Waals surface area contributed by atoms with Gasteiger partial charge >= 0.3 is 0 Å². The number of rotatable bonds is 6. The van der Waals surface area contributed by atoms with Crippen molar-refractivity contribution in [3.8, 4) is 0 Å². The van der Waals surface area contributed by atoms with Gasteiger partial charge in [-0.2, -0.15) is 0 Å². The summed E-state index contributed by atoms with van der Waals surface area (Å²) in [5, 5.41) is 10.1. The fraction of sp³-hybridized carbons (Fsp3) is 0.586. The maximum Gasteiger partial charge on any atom is 0.0726 e. The highest BCUT2D eigenvalue weighted by molar-refractivity contribution is 7.92. The second-order valence-corrected chi connectivity index (χ2v) is 13.2. The van der Waals surface area contributed by atoms with Crippen LogP contribution in [0.2, 0.25) is 0 Å². The van der Waals surface area contributed by atoms with Gasteiger partial charge in [-0.3, -0.25) is 0 Å². The minimum atomic E-state index is -2.72. The Morgan fingerprint density at radius 2 is 1.97 bits per heavy atom. The van der Waals surface area contributed by atoms with Crippen molar-refractivity contribution in [2.75, 3.05) is 5.75 Å². The second kappa shape index (κ2) is 9.92. The van der Waals surface area contributed by atoms with Crippen LogP contribution in [0.4, 0.5) is 0 Å². The largest absolute Gasteiger partial charge is 0.393 e. The number of fused-ring (bicyclic) bond motifs is 1. The molecule has 4 rings (SSSR count). The molecule has 2 N–H and O–H groups in total. The molecule has 1 unspecified atom stereocenters. The summed E-state index contributed by atoms with van der Waals surface area (Å²) < 4.78 is 21.5. The van der Waals surface area contributed by atoms with E-state index in [2.05, 4.69) is 32.6 Å². The lowest BCUT2D eigenvalue weighted by atomic mass is 9.61. The highest BCUT2D eigenvalue weighted by Crippen LogP contribution is 2.59. The van der Waals surface area contributed by atoms with Crippen molar-refractivity contribution in [2.45, 2.75) is 82.6 Å². The van der Waals surface area contributed by atoms with Crippen LogP contribution in [0.1, 0.15) is 71.6 Å². The Balaban J connectivity index is 1.45. The van der Waals surface area contributed by atoms with E-state index in [1.807, 2.05) is 30.3 Å². The third-order valence-corrected chi connectivity index (χ3v) is 10.7. The predicted molar refractivity (Wildman–Crippen MR) is 138 cm³/mol. The van der Waals surface area contributed by atoms with E-state index in [1.165, 1.54) is 43.3 Å². The van der Waals surface area contributed by atoms with Crippen molar-refractivity contribution < 1.29 is 9.32 Å². The number of aliphatic hydroxyl groups excluding tert-OH is 1. The van der Waals surface area contributed by atoms with Gasteiger partial charge in [0.15, 0.2) is 0 Å². The minimum absolute atomic E-state index is 0.225. The Labute approximate surface area is 201 Å². The third-order valence-electron chi connectivity index (χ3n) is 8.90. The SMILES string of the molecule is C=C1CC[C@H](O)C/C1=C/C=C1\CCC[C@]2(C)[C@@H]([C@H](C)CCS(=N)(=O)c3ccccc3)CC[C@@H]12. The van der Waals surface area contributed by atoms with E-state index >= 15 is 0 Å². The molecule has 1 aromatic carbocycles. The Morgan fingerprint density at radius 1 is 1.21 bits per heavy atom. The third kappa shape index (κ3) is 5.22. The average Bonchev–Trinajstić information content (AvgIpc) is 3.16. The van der Waals surface area contributed by atoms with E-state index in [0.29, 0.717) is 33.8 Å². The molecule has 0 aliphatic heterocycles. The Morgan fingerprint density at radius 3 is 2.73 bits per heavy atom. The average molecular weight is 468 g/mol. The summed E-state index contributed by atoms with van der Waals surface area (Å²) in [7, 11) is -2.72. The quantitative estimate of drug-likeness (QED) is 0.461. The van der Waals surface area contributed by atoms with Gasteiger partial charge in [0, 0.05) is 10.6 Å². The van der Waals surface area contributed by atoms with E-state index in [-0.39, 0.29) is 6.10 Å². The van der Waals surface area contributed by atoms with Gasteiger partial charge in [0.05, 0.1) is 15.8 Å². The van der Waals surface area contributed by atoms with Gasteiger partial charge in [0.25, 0.3) is 0 Å². The second-order valence-electron chi connectivity index (χ2n) is 11.0. The fourth-order valence-electron chi connectivity index (χ4n) is 6.92. The van der Waals surface area contributed by atoms with Gasteiger partial charge in [-0.25, -0.2) is 8.99 Å². The normalized spacial score (nSPS) is 35.4. The summed E-state index contributed by atoms with van der Waals surface area (Å²) in [6, 6.07) is 9.34. The van der Waals surface area contributed by atoms with Crippen molar-refractivity contribution in [3.05, 3.63) is 65.8 Å². The van der Waals surface area contributed by atoms with E-state index < -0.39 is 9.73 Å². The molecule has 0 saturated heterocycles. The van der Waals surface area contributed by atoms with Crippen molar-refractivity contribution >= 4 is 9.73 Å². The van der Waals surface area contributed by atoms with Gasteiger partial charge in [0.1, 0.15) is 0 Å². The molecular formula is C29H41NO2S. The summed E-state index contributed by atoms with van der Waals surface area (Å²) in [5.41, 5.74) is 4.28. The monoisotopic (exact) mass is 467 g/mol. The molecule has 3 nitrogen and oxygen atoms in total. The molecule has 3 aliphatic carbocycles. The number of allylic oxidation sites excluding steroid dienone is 4. The maximum absolute atomic E-state index is 13.0. The molecule has 3 aliphatic rings. The first-order valence-corrected chi connectivity index (χ1v) is 14.5. The molecule has 6 atom stereocenters. The Hall–Kier alpha value is -1.65. The summed E-state index contributed by atoms with van der Waals surface area (Å²) >= 11 is 0. The molecule has 0 amide bonds. The number of hydrogen-bond acceptors (Lipinski definition) is 3. The number of hydrogen-bond donors (Lipinski definition) is 2. The van der Waals surface area contributed by atoms with Crippen LogP contribution in [0.5, 0.6) is 0 Å². The van der Waals surface area contributed by atoms with E-state index in [4.69, 9.17) is 4.78 Å². The lowest BCUT2D eigenvalue weighted by molar-refractivity contribution is 0.0964. The number of benzene rings is 1. The summed E-state index contributed by atoms with van der Waals surface area (Å²) in [5.74, 6) is 2.17. The zero-order chi connectivity index (χ0) is 23.6. The van der Waals surface area contributed by atoms with E-state index in [9.17, 15) is 9.32 Å². The number of nitrogens with one attached hydrogen (secondary N) is 1. The smallest absolute Gasteiger partial charge is 0.0726 e. The molecule has 4 heteroatoms. The predicted octanol–water partition coefficient (Wildman–Crippen LogP) is 7.29. The molecule has 3 saturated carbocycles. The van der Waals surface area contributed by atoms with Gasteiger partial charge in [0.2, 0.25) is 0 Å². The molecule has 180 valence electrons. The van der Waals surface area contributed by atoms with Crippen LogP contribution in [-0.2, 0) is 9.73 Å². The van der Waals surface area contributed by atoms with E-state index in [0.717, 1.165) is 25.7 Å². The zero-order valence-electron chi connectivity index (χ0n) is 20.4. The molecule has 0 radical (unpaired) electrons. The van der Waals surface area contributed by atoms with E-state index in [1.54, 1.807) is 5.57 Å². The lowest BCUT2D eigenvalue weighted by Gasteiger charge is -2.44. The first-order valence-electron chi connectivity index (χ1n) is 12.8. The molecule has 0 spiro atoms. The van der Waals surface area contributed by atoms with Crippen LogP contribution in [0.3, 0.4) is 0 Å². The first-order chi connectivity index (χ1) is 15.7. The van der Waals surface area contributed by atoms with Gasteiger partial charge in [-0.05, 0) is 98.7 Å². The summed E-state index contributed by atoms with van der Waals surface area (Å²) in [6.45, 7) is 9.04. The first kappa shape index (κ1) is 24.5.